The van der Waals surface area contributed by atoms with Gasteiger partial charge in [-0.3, -0.25) is 29.0 Å². The van der Waals surface area contributed by atoms with E-state index in [4.69, 9.17) is 20.4 Å². The topological polar surface area (TPSA) is 156 Å². The Morgan fingerprint density at radius 3 is 0.905 bits per heavy atom. The zero-order chi connectivity index (χ0) is 15.7. The second-order valence-electron chi connectivity index (χ2n) is 4.00. The van der Waals surface area contributed by atoms with E-state index in [0.717, 1.165) is 9.80 Å². The van der Waals surface area contributed by atoms with E-state index in [1.54, 1.807) is 0 Å². The van der Waals surface area contributed by atoms with Crippen molar-refractivity contribution in [1.29, 1.82) is 0 Å². The van der Waals surface area contributed by atoms with Crippen molar-refractivity contribution in [3.8, 4) is 0 Å². The first-order valence-electron chi connectivity index (χ1n) is 5.52. The van der Waals surface area contributed by atoms with Crippen molar-refractivity contribution in [3.05, 3.63) is 0 Å². The second kappa shape index (κ2) is 11.2. The minimum absolute atomic E-state index is 0. The molecule has 0 spiro atoms. The van der Waals surface area contributed by atoms with Crippen LogP contribution in [0, 0.1) is 0 Å². The first kappa shape index (κ1) is 21.8. The minimum Gasteiger partial charge on any atom is -0.480 e. The Balaban J connectivity index is 0. The number of nitrogens with zero attached hydrogens (tertiary/aromatic N) is 2. The molecule has 0 saturated heterocycles. The number of hydrogen-bond donors (Lipinski definition) is 4. The van der Waals surface area contributed by atoms with Crippen LogP contribution in [0.2, 0.25) is 0 Å². The van der Waals surface area contributed by atoms with Crippen molar-refractivity contribution >= 4 is 23.9 Å². The van der Waals surface area contributed by atoms with Crippen molar-refractivity contribution in [2.45, 2.75) is 0 Å². The van der Waals surface area contributed by atoms with Crippen LogP contribution in [0.25, 0.3) is 0 Å². The van der Waals surface area contributed by atoms with E-state index in [-0.39, 0.29) is 35.5 Å². The Bertz CT molecular complexity index is 321. The third-order valence-electron chi connectivity index (χ3n) is 2.17. The average Bonchev–Trinajstić information content (AvgIpc) is 2.22. The Kier molecular flexibility index (Phi) is 11.7. The molecule has 0 unspecified atom stereocenters. The summed E-state index contributed by atoms with van der Waals surface area (Å²) in [4.78, 5) is 44.4. The minimum atomic E-state index is -1.23. The fourth-order valence-electron chi connectivity index (χ4n) is 1.48. The molecular weight excluding hydrogens is 369 g/mol. The molecule has 0 bridgehead atoms. The Hall–Kier alpha value is -1.46. The summed E-state index contributed by atoms with van der Waals surface area (Å²) in [6.45, 7) is -2.25. The second-order valence-corrected chi connectivity index (χ2v) is 4.00. The molecule has 0 aromatic carbocycles. The van der Waals surface area contributed by atoms with Gasteiger partial charge >= 0.3 is 23.9 Å². The molecule has 0 aromatic rings. The molecule has 0 aliphatic rings. The van der Waals surface area contributed by atoms with E-state index in [1.165, 1.54) is 0 Å². The summed E-state index contributed by atoms with van der Waals surface area (Å²) in [7, 11) is 0. The number of aliphatic carboxylic acids is 4. The molecule has 0 saturated carbocycles. The van der Waals surface area contributed by atoms with Gasteiger partial charge in [-0.2, -0.15) is 0 Å². The van der Waals surface area contributed by atoms with Gasteiger partial charge in [0.1, 0.15) is 0 Å². The third-order valence-corrected chi connectivity index (χ3v) is 2.17. The molecule has 0 aliphatic heterocycles. The molecule has 10 nitrogen and oxygen atoms in total. The first-order chi connectivity index (χ1) is 9.20. The summed E-state index contributed by atoms with van der Waals surface area (Å²) >= 11 is 0. The Morgan fingerprint density at radius 1 is 0.571 bits per heavy atom. The zero-order valence-corrected chi connectivity index (χ0v) is 13.2. The molecule has 1 radical (unpaired) electrons. The number of rotatable bonds is 11. The van der Waals surface area contributed by atoms with Crippen LogP contribution >= 0.6 is 0 Å². The van der Waals surface area contributed by atoms with Crippen molar-refractivity contribution in [3.63, 3.8) is 0 Å². The molecule has 0 aliphatic carbocycles. The SMILES string of the molecule is O=C(O)CN(CCN(CC(=O)O)CC(=O)O)CC(=O)O.[Nb]. The monoisotopic (exact) mass is 385 g/mol. The van der Waals surface area contributed by atoms with Gasteiger partial charge in [0, 0.05) is 35.5 Å². The van der Waals surface area contributed by atoms with E-state index in [0.29, 0.717) is 0 Å². The van der Waals surface area contributed by atoms with E-state index in [1.807, 2.05) is 0 Å². The normalized spacial score (nSPS) is 10.2. The van der Waals surface area contributed by atoms with Crippen LogP contribution < -0.4 is 0 Å². The molecule has 0 atom stereocenters. The van der Waals surface area contributed by atoms with E-state index in [9.17, 15) is 19.2 Å². The van der Waals surface area contributed by atoms with Crippen molar-refractivity contribution in [2.24, 2.45) is 0 Å². The van der Waals surface area contributed by atoms with Crippen LogP contribution in [-0.4, -0.2) is 93.4 Å². The van der Waals surface area contributed by atoms with Gasteiger partial charge in [-0.1, -0.05) is 0 Å². The maximum atomic E-state index is 10.6. The number of hydrogen-bond acceptors (Lipinski definition) is 6. The molecule has 0 rings (SSSR count). The van der Waals surface area contributed by atoms with Gasteiger partial charge in [-0.05, 0) is 0 Å². The van der Waals surface area contributed by atoms with Gasteiger partial charge in [0.25, 0.3) is 0 Å². The molecule has 0 amide bonds. The van der Waals surface area contributed by atoms with Crippen LogP contribution in [0.15, 0.2) is 0 Å². The summed E-state index contributed by atoms with van der Waals surface area (Å²) in [6, 6.07) is 0. The predicted molar refractivity (Wildman–Crippen MR) is 63.4 cm³/mol. The maximum Gasteiger partial charge on any atom is 0.317 e. The Morgan fingerprint density at radius 2 is 0.762 bits per heavy atom. The van der Waals surface area contributed by atoms with E-state index >= 15 is 0 Å². The summed E-state index contributed by atoms with van der Waals surface area (Å²) in [6.07, 6.45) is 0. The molecular formula is C10H16N2NbO8. The van der Waals surface area contributed by atoms with Gasteiger partial charge in [0.05, 0.1) is 26.2 Å². The van der Waals surface area contributed by atoms with Crippen LogP contribution in [0.5, 0.6) is 0 Å². The first-order valence-corrected chi connectivity index (χ1v) is 5.52. The molecule has 0 heterocycles. The van der Waals surface area contributed by atoms with Crippen LogP contribution in [-0.2, 0) is 41.6 Å². The van der Waals surface area contributed by atoms with E-state index < -0.39 is 50.1 Å². The van der Waals surface area contributed by atoms with Crippen LogP contribution in [0.4, 0.5) is 0 Å². The molecule has 11 heteroatoms. The summed E-state index contributed by atoms with van der Waals surface area (Å²) in [5.41, 5.74) is 0. The van der Waals surface area contributed by atoms with Gasteiger partial charge in [0.15, 0.2) is 0 Å². The smallest absolute Gasteiger partial charge is 0.317 e. The number of carboxylic acids is 4. The summed E-state index contributed by atoms with van der Waals surface area (Å²) in [5, 5.41) is 34.5. The maximum absolute atomic E-state index is 10.6. The van der Waals surface area contributed by atoms with Crippen molar-refractivity contribution in [2.75, 3.05) is 39.3 Å². The number of carboxylic acid groups (broad SMARTS) is 4. The van der Waals surface area contributed by atoms with Gasteiger partial charge in [-0.25, -0.2) is 0 Å². The van der Waals surface area contributed by atoms with Crippen LogP contribution in [0.3, 0.4) is 0 Å². The largest absolute Gasteiger partial charge is 0.480 e. The quantitative estimate of drug-likeness (QED) is 0.291. The van der Waals surface area contributed by atoms with Crippen LogP contribution in [0.1, 0.15) is 0 Å². The third kappa shape index (κ3) is 13.3. The van der Waals surface area contributed by atoms with Crippen molar-refractivity contribution in [1.82, 2.24) is 9.80 Å². The molecule has 4 N–H and O–H groups in total. The standard InChI is InChI=1S/C10H16N2O8.Nb/c13-7(14)3-11(4-8(15)16)1-2-12(5-9(17)18)6-10(19)20;/h1-6H2,(H,13,14)(H,15,16)(H,17,18)(H,19,20);. The zero-order valence-electron chi connectivity index (χ0n) is 11.0. The summed E-state index contributed by atoms with van der Waals surface area (Å²) in [5.74, 6) is -4.91. The summed E-state index contributed by atoms with van der Waals surface area (Å²) < 4.78 is 0. The molecule has 21 heavy (non-hydrogen) atoms. The fraction of sp³-hybridized carbons (Fsp3) is 0.600. The van der Waals surface area contributed by atoms with Crippen molar-refractivity contribution < 1.29 is 62.0 Å². The predicted octanol–water partition coefficient (Wildman–Crippen LogP) is -2.07. The molecule has 119 valence electrons. The average molecular weight is 385 g/mol. The van der Waals surface area contributed by atoms with Gasteiger partial charge in [0.2, 0.25) is 0 Å². The molecule has 0 aromatic heterocycles. The van der Waals surface area contributed by atoms with E-state index in [2.05, 4.69) is 0 Å². The number of carbonyl (C=O) groups is 4. The van der Waals surface area contributed by atoms with Gasteiger partial charge in [-0.15, -0.1) is 0 Å². The fourth-order valence-corrected chi connectivity index (χ4v) is 1.48. The molecule has 0 fully saturated rings. The van der Waals surface area contributed by atoms with Gasteiger partial charge < -0.3 is 20.4 Å². The Labute approximate surface area is 135 Å².